The summed E-state index contributed by atoms with van der Waals surface area (Å²) in [4.78, 5) is 17.3. The van der Waals surface area contributed by atoms with Crippen LogP contribution in [0.5, 0.6) is 0 Å². The normalized spacial score (nSPS) is 12.5. The van der Waals surface area contributed by atoms with E-state index in [2.05, 4.69) is 4.98 Å². The summed E-state index contributed by atoms with van der Waals surface area (Å²) in [6, 6.07) is 13.1. The van der Waals surface area contributed by atoms with E-state index in [4.69, 9.17) is 5.73 Å². The van der Waals surface area contributed by atoms with Gasteiger partial charge in [0.15, 0.2) is 0 Å². The van der Waals surface area contributed by atoms with Gasteiger partial charge >= 0.3 is 0 Å². The third kappa shape index (κ3) is 2.29. The highest BCUT2D eigenvalue weighted by Gasteiger charge is 2.18. The molecular formula is C17H16FN3O. The number of nitrogens with two attached hydrogens (primary N) is 1. The number of rotatable bonds is 3. The van der Waals surface area contributed by atoms with Gasteiger partial charge in [0, 0.05) is 0 Å². The molecule has 5 heteroatoms. The van der Waals surface area contributed by atoms with Crippen LogP contribution in [0.2, 0.25) is 0 Å². The number of fused-ring (bicyclic) bond motifs is 1. The quantitative estimate of drug-likeness (QED) is 0.808. The molecule has 0 spiro atoms. The third-order valence-electron chi connectivity index (χ3n) is 3.66. The molecule has 0 amide bonds. The number of aromatic nitrogens is 2. The van der Waals surface area contributed by atoms with E-state index in [1.165, 1.54) is 16.7 Å². The van der Waals surface area contributed by atoms with Gasteiger partial charge in [-0.25, -0.2) is 9.37 Å². The van der Waals surface area contributed by atoms with Gasteiger partial charge in [-0.3, -0.25) is 9.36 Å². The Labute approximate surface area is 127 Å². The molecule has 3 aromatic rings. The van der Waals surface area contributed by atoms with Crippen LogP contribution in [0.15, 0.2) is 53.3 Å². The third-order valence-corrected chi connectivity index (χ3v) is 3.66. The summed E-state index contributed by atoms with van der Waals surface area (Å²) in [5.41, 5.74) is 6.64. The van der Waals surface area contributed by atoms with Crippen LogP contribution in [0.4, 0.5) is 4.39 Å². The maximum atomic E-state index is 14.1. The van der Waals surface area contributed by atoms with E-state index in [1.807, 2.05) is 25.1 Å². The van der Waals surface area contributed by atoms with E-state index >= 15 is 0 Å². The van der Waals surface area contributed by atoms with Crippen molar-refractivity contribution in [3.63, 3.8) is 0 Å². The average molecular weight is 297 g/mol. The summed E-state index contributed by atoms with van der Waals surface area (Å²) in [5, 5.41) is -0.0154. The van der Waals surface area contributed by atoms with Gasteiger partial charge in [0.2, 0.25) is 0 Å². The maximum Gasteiger partial charge on any atom is 0.269 e. The highest BCUT2D eigenvalue weighted by Crippen LogP contribution is 2.19. The summed E-state index contributed by atoms with van der Waals surface area (Å²) < 4.78 is 15.5. The Morgan fingerprint density at radius 3 is 2.59 bits per heavy atom. The molecule has 0 aliphatic carbocycles. The molecule has 1 heterocycles. The van der Waals surface area contributed by atoms with Crippen LogP contribution >= 0.6 is 0 Å². The summed E-state index contributed by atoms with van der Waals surface area (Å²) >= 11 is 0. The Morgan fingerprint density at radius 2 is 1.91 bits per heavy atom. The minimum atomic E-state index is -0.573. The summed E-state index contributed by atoms with van der Waals surface area (Å²) in [5.74, 6) is -0.131. The highest BCUT2D eigenvalue weighted by molar-refractivity contribution is 5.78. The Morgan fingerprint density at radius 1 is 1.18 bits per heavy atom. The largest absolute Gasteiger partial charge is 0.321 e. The lowest BCUT2D eigenvalue weighted by molar-refractivity contribution is 0.614. The van der Waals surface area contributed by atoms with E-state index in [0.717, 1.165) is 0 Å². The molecule has 22 heavy (non-hydrogen) atoms. The lowest BCUT2D eigenvalue weighted by Crippen LogP contribution is -2.28. The Hall–Kier alpha value is -2.53. The number of hydrogen-bond donors (Lipinski definition) is 1. The van der Waals surface area contributed by atoms with Gasteiger partial charge in [-0.1, -0.05) is 31.2 Å². The zero-order chi connectivity index (χ0) is 15.7. The van der Waals surface area contributed by atoms with Crippen LogP contribution in [-0.4, -0.2) is 9.55 Å². The highest BCUT2D eigenvalue weighted by atomic mass is 19.1. The molecule has 0 aliphatic heterocycles. The number of benzene rings is 2. The number of hydrogen-bond acceptors (Lipinski definition) is 3. The van der Waals surface area contributed by atoms with Crippen LogP contribution in [0, 0.1) is 5.82 Å². The Bertz CT molecular complexity index is 874. The Balaban J connectivity index is 2.44. The van der Waals surface area contributed by atoms with E-state index in [-0.39, 0.29) is 5.39 Å². The fraction of sp³-hybridized carbons (Fsp3) is 0.176. The number of halogens is 1. The second kappa shape index (κ2) is 5.69. The lowest BCUT2D eigenvalue weighted by atomic mass is 10.1. The van der Waals surface area contributed by atoms with Crippen molar-refractivity contribution in [2.24, 2.45) is 5.73 Å². The molecule has 0 radical (unpaired) electrons. The van der Waals surface area contributed by atoms with Crippen LogP contribution < -0.4 is 11.3 Å². The van der Waals surface area contributed by atoms with Crippen molar-refractivity contribution in [1.82, 2.24) is 9.55 Å². The van der Waals surface area contributed by atoms with Crippen LogP contribution in [-0.2, 0) is 0 Å². The van der Waals surface area contributed by atoms with E-state index in [0.29, 0.717) is 23.4 Å². The predicted octanol–water partition coefficient (Wildman–Crippen LogP) is 2.93. The van der Waals surface area contributed by atoms with Gasteiger partial charge in [0.25, 0.3) is 5.56 Å². The monoisotopic (exact) mass is 297 g/mol. The van der Waals surface area contributed by atoms with Gasteiger partial charge < -0.3 is 5.73 Å². The molecule has 0 saturated carbocycles. The van der Waals surface area contributed by atoms with Crippen molar-refractivity contribution >= 4 is 10.9 Å². The number of nitrogens with zero attached hydrogens (tertiary/aromatic N) is 2. The van der Waals surface area contributed by atoms with Gasteiger partial charge in [0.1, 0.15) is 17.0 Å². The van der Waals surface area contributed by atoms with Gasteiger partial charge in [0.05, 0.1) is 17.2 Å². The van der Waals surface area contributed by atoms with Crippen LogP contribution in [0.3, 0.4) is 0 Å². The summed E-state index contributed by atoms with van der Waals surface area (Å²) in [7, 11) is 0. The SMILES string of the molecule is CCC(N)c1nc2cccc(F)c2c(=O)n1-c1ccccc1. The second-order valence-corrected chi connectivity index (χ2v) is 5.09. The topological polar surface area (TPSA) is 60.9 Å². The lowest BCUT2D eigenvalue weighted by Gasteiger charge is -2.17. The first-order valence-corrected chi connectivity index (χ1v) is 7.15. The molecular weight excluding hydrogens is 281 g/mol. The molecule has 4 nitrogen and oxygen atoms in total. The molecule has 0 saturated heterocycles. The molecule has 2 N–H and O–H groups in total. The van der Waals surface area contributed by atoms with Crippen LogP contribution in [0.25, 0.3) is 16.6 Å². The minimum Gasteiger partial charge on any atom is -0.321 e. The summed E-state index contributed by atoms with van der Waals surface area (Å²) in [6.07, 6.45) is 0.625. The smallest absolute Gasteiger partial charge is 0.269 e. The van der Waals surface area contributed by atoms with Gasteiger partial charge in [-0.2, -0.15) is 0 Å². The van der Waals surface area contributed by atoms with Gasteiger partial charge in [-0.15, -0.1) is 0 Å². The maximum absolute atomic E-state index is 14.1. The van der Waals surface area contributed by atoms with Crippen LogP contribution in [0.1, 0.15) is 25.2 Å². The molecule has 3 rings (SSSR count). The zero-order valence-corrected chi connectivity index (χ0v) is 12.2. The summed E-state index contributed by atoms with van der Waals surface area (Å²) in [6.45, 7) is 1.92. The fourth-order valence-electron chi connectivity index (χ4n) is 2.46. The predicted molar refractivity (Wildman–Crippen MR) is 84.5 cm³/mol. The first-order chi connectivity index (χ1) is 10.6. The molecule has 1 aromatic heterocycles. The zero-order valence-electron chi connectivity index (χ0n) is 12.2. The van der Waals surface area contributed by atoms with E-state index in [9.17, 15) is 9.18 Å². The molecule has 1 unspecified atom stereocenters. The van der Waals surface area contributed by atoms with Crippen molar-refractivity contribution in [3.8, 4) is 5.69 Å². The van der Waals surface area contributed by atoms with Crippen molar-refractivity contribution in [1.29, 1.82) is 0 Å². The standard InChI is InChI=1S/C17H16FN3O/c1-2-13(19)16-20-14-10-6-9-12(18)15(14)17(22)21(16)11-7-4-3-5-8-11/h3-10,13H,2,19H2,1H3. The number of para-hydroxylation sites is 1. The first-order valence-electron chi connectivity index (χ1n) is 7.15. The van der Waals surface area contributed by atoms with E-state index in [1.54, 1.807) is 18.2 Å². The molecule has 0 fully saturated rings. The van der Waals surface area contributed by atoms with Crippen molar-refractivity contribution < 1.29 is 4.39 Å². The fourth-order valence-corrected chi connectivity index (χ4v) is 2.46. The average Bonchev–Trinajstić information content (AvgIpc) is 2.54. The molecule has 0 bridgehead atoms. The Kier molecular flexibility index (Phi) is 3.73. The molecule has 1 atom stereocenters. The van der Waals surface area contributed by atoms with E-state index < -0.39 is 17.4 Å². The van der Waals surface area contributed by atoms with Crippen molar-refractivity contribution in [2.45, 2.75) is 19.4 Å². The minimum absolute atomic E-state index is 0.0154. The van der Waals surface area contributed by atoms with Crippen molar-refractivity contribution in [3.05, 3.63) is 70.5 Å². The molecule has 2 aromatic carbocycles. The first kappa shape index (κ1) is 14.4. The van der Waals surface area contributed by atoms with Crippen molar-refractivity contribution in [2.75, 3.05) is 0 Å². The van der Waals surface area contributed by atoms with Gasteiger partial charge in [-0.05, 0) is 30.7 Å². The molecule has 112 valence electrons. The molecule has 0 aliphatic rings. The second-order valence-electron chi connectivity index (χ2n) is 5.09.